The highest BCUT2D eigenvalue weighted by Gasteiger charge is 1.99. The lowest BCUT2D eigenvalue weighted by Crippen LogP contribution is -2.01. The molecule has 2 N–H and O–H groups in total. The average Bonchev–Trinajstić information content (AvgIpc) is 2.23. The largest absolute Gasteiger partial charge is 0.465 e. The Morgan fingerprint density at radius 3 is 2.88 bits per heavy atom. The van der Waals surface area contributed by atoms with E-state index in [-0.39, 0.29) is 12.4 Å². The molecule has 0 bridgehead atoms. The first-order valence-electron chi connectivity index (χ1n) is 5.14. The number of nitrogens with two attached hydrogens (primary N) is 1. The van der Waals surface area contributed by atoms with Crippen LogP contribution in [0.25, 0.3) is 0 Å². The molecule has 0 unspecified atom stereocenters. The first-order chi connectivity index (χ1) is 7.65. The van der Waals surface area contributed by atoms with Crippen LogP contribution < -0.4 is 5.73 Å². The van der Waals surface area contributed by atoms with E-state index in [1.54, 1.807) is 13.0 Å². The van der Waals surface area contributed by atoms with Crippen LogP contribution >= 0.6 is 0 Å². The molecule has 0 aliphatic heterocycles. The van der Waals surface area contributed by atoms with Crippen LogP contribution in [0.2, 0.25) is 0 Å². The molecule has 0 aromatic heterocycles. The number of hydrogen-bond donors (Lipinski definition) is 1. The molecule has 16 heavy (non-hydrogen) atoms. The van der Waals surface area contributed by atoms with Crippen LogP contribution in [0.4, 0.5) is 5.69 Å². The van der Waals surface area contributed by atoms with Crippen molar-refractivity contribution >= 4 is 11.7 Å². The number of rotatable bonds is 2. The minimum Gasteiger partial charge on any atom is -0.465 e. The summed E-state index contributed by atoms with van der Waals surface area (Å²) in [5.74, 6) is 5.35. The predicted octanol–water partition coefficient (Wildman–Crippen LogP) is 1.88. The van der Waals surface area contributed by atoms with Gasteiger partial charge in [0.25, 0.3) is 0 Å². The highest BCUT2D eigenvalue weighted by atomic mass is 16.5. The van der Waals surface area contributed by atoms with Gasteiger partial charge in [0, 0.05) is 5.69 Å². The lowest BCUT2D eigenvalue weighted by molar-refractivity contribution is -0.141. The summed E-state index contributed by atoms with van der Waals surface area (Å²) >= 11 is 0. The molecular weight excluding hydrogens is 202 g/mol. The minimum absolute atomic E-state index is 0.0988. The van der Waals surface area contributed by atoms with Crippen molar-refractivity contribution in [2.75, 3.05) is 12.3 Å². The van der Waals surface area contributed by atoms with Gasteiger partial charge in [0.2, 0.25) is 0 Å². The third-order valence-corrected chi connectivity index (χ3v) is 2.06. The van der Waals surface area contributed by atoms with Gasteiger partial charge in [0.05, 0.1) is 12.2 Å². The first-order valence-corrected chi connectivity index (χ1v) is 5.14. The molecule has 0 spiro atoms. The Morgan fingerprint density at radius 2 is 2.25 bits per heavy atom. The van der Waals surface area contributed by atoms with Crippen LogP contribution in [0.1, 0.15) is 24.5 Å². The summed E-state index contributed by atoms with van der Waals surface area (Å²) in [6.07, 6.45) is 0.0988. The third kappa shape index (κ3) is 3.32. The van der Waals surface area contributed by atoms with Crippen molar-refractivity contribution in [2.24, 2.45) is 0 Å². The van der Waals surface area contributed by atoms with Crippen molar-refractivity contribution in [3.05, 3.63) is 29.3 Å². The highest BCUT2D eigenvalue weighted by Crippen LogP contribution is 2.14. The molecule has 1 aromatic carbocycles. The molecule has 1 aromatic rings. The van der Waals surface area contributed by atoms with Gasteiger partial charge in [-0.1, -0.05) is 24.0 Å². The summed E-state index contributed by atoms with van der Waals surface area (Å²) in [7, 11) is 0. The van der Waals surface area contributed by atoms with Gasteiger partial charge >= 0.3 is 5.97 Å². The van der Waals surface area contributed by atoms with E-state index in [0.717, 1.165) is 11.1 Å². The quantitative estimate of drug-likeness (QED) is 0.467. The Morgan fingerprint density at radius 1 is 1.50 bits per heavy atom. The summed E-state index contributed by atoms with van der Waals surface area (Å²) in [6, 6.07) is 5.60. The fourth-order valence-corrected chi connectivity index (χ4v) is 1.28. The molecule has 0 saturated heterocycles. The number of benzene rings is 1. The van der Waals surface area contributed by atoms with Crippen molar-refractivity contribution in [3.8, 4) is 11.8 Å². The maximum Gasteiger partial charge on any atom is 0.317 e. The molecule has 0 heterocycles. The number of hydrogen-bond acceptors (Lipinski definition) is 3. The number of nitrogen functional groups attached to an aromatic ring is 1. The van der Waals surface area contributed by atoms with E-state index >= 15 is 0 Å². The monoisotopic (exact) mass is 217 g/mol. The Balaban J connectivity index is 2.74. The van der Waals surface area contributed by atoms with E-state index in [4.69, 9.17) is 10.5 Å². The number of carbonyl (C=O) groups excluding carboxylic acids is 1. The molecule has 0 saturated carbocycles. The van der Waals surface area contributed by atoms with E-state index in [2.05, 4.69) is 11.8 Å². The molecule has 0 amide bonds. The summed E-state index contributed by atoms with van der Waals surface area (Å²) < 4.78 is 4.77. The highest BCUT2D eigenvalue weighted by molar-refractivity contribution is 5.73. The molecular formula is C13H15NO2. The van der Waals surface area contributed by atoms with Gasteiger partial charge in [-0.3, -0.25) is 4.79 Å². The summed E-state index contributed by atoms with van der Waals surface area (Å²) in [4.78, 5) is 11.0. The second-order valence-electron chi connectivity index (χ2n) is 3.32. The fraction of sp³-hybridized carbons (Fsp3) is 0.308. The number of aryl methyl sites for hydroxylation is 1. The molecule has 3 heteroatoms. The minimum atomic E-state index is -0.304. The van der Waals surface area contributed by atoms with Gasteiger partial charge < -0.3 is 10.5 Å². The molecule has 84 valence electrons. The van der Waals surface area contributed by atoms with E-state index in [1.807, 2.05) is 19.1 Å². The Hall–Kier alpha value is -1.95. The molecule has 0 aliphatic carbocycles. The van der Waals surface area contributed by atoms with Crippen molar-refractivity contribution in [1.82, 2.24) is 0 Å². The van der Waals surface area contributed by atoms with Crippen LogP contribution in [0.3, 0.4) is 0 Å². The predicted molar refractivity (Wildman–Crippen MR) is 63.7 cm³/mol. The van der Waals surface area contributed by atoms with Gasteiger partial charge in [-0.25, -0.2) is 0 Å². The lowest BCUT2D eigenvalue weighted by Gasteiger charge is -2.01. The molecule has 0 radical (unpaired) electrons. The smallest absolute Gasteiger partial charge is 0.317 e. The zero-order valence-corrected chi connectivity index (χ0v) is 9.54. The first kappa shape index (κ1) is 12.1. The molecule has 0 aliphatic rings. The van der Waals surface area contributed by atoms with Crippen LogP contribution in [-0.2, 0) is 9.53 Å². The summed E-state index contributed by atoms with van der Waals surface area (Å²) in [5, 5.41) is 0. The van der Waals surface area contributed by atoms with E-state index in [9.17, 15) is 4.79 Å². The molecule has 0 atom stereocenters. The lowest BCUT2D eigenvalue weighted by atomic mass is 10.1. The van der Waals surface area contributed by atoms with E-state index in [1.165, 1.54) is 0 Å². The standard InChI is InChI=1S/C13H15NO2/c1-3-16-13(15)9-5-7-11-10(2)6-4-8-12(11)14/h4,6,8H,3,9,14H2,1-2H3. The van der Waals surface area contributed by atoms with Crippen LogP contribution in [0.5, 0.6) is 0 Å². The van der Waals surface area contributed by atoms with Gasteiger partial charge in [-0.15, -0.1) is 0 Å². The Bertz CT molecular complexity index is 421. The van der Waals surface area contributed by atoms with Crippen LogP contribution in [-0.4, -0.2) is 12.6 Å². The van der Waals surface area contributed by atoms with E-state index in [0.29, 0.717) is 12.3 Å². The molecule has 1 rings (SSSR count). The van der Waals surface area contributed by atoms with Crippen LogP contribution in [0.15, 0.2) is 18.2 Å². The van der Waals surface area contributed by atoms with Crippen molar-refractivity contribution in [1.29, 1.82) is 0 Å². The van der Waals surface area contributed by atoms with E-state index < -0.39 is 0 Å². The second-order valence-corrected chi connectivity index (χ2v) is 3.32. The zero-order valence-electron chi connectivity index (χ0n) is 9.54. The Labute approximate surface area is 95.6 Å². The fourth-order valence-electron chi connectivity index (χ4n) is 1.28. The maximum absolute atomic E-state index is 11.0. The average molecular weight is 217 g/mol. The van der Waals surface area contributed by atoms with Crippen molar-refractivity contribution < 1.29 is 9.53 Å². The maximum atomic E-state index is 11.0. The zero-order chi connectivity index (χ0) is 12.0. The van der Waals surface area contributed by atoms with Gasteiger partial charge in [0.1, 0.15) is 6.42 Å². The van der Waals surface area contributed by atoms with Gasteiger partial charge in [-0.05, 0) is 25.5 Å². The number of carbonyl (C=O) groups is 1. The van der Waals surface area contributed by atoms with Gasteiger partial charge in [0.15, 0.2) is 0 Å². The third-order valence-electron chi connectivity index (χ3n) is 2.06. The summed E-state index contributed by atoms with van der Waals surface area (Å²) in [6.45, 7) is 4.09. The topological polar surface area (TPSA) is 52.3 Å². The summed E-state index contributed by atoms with van der Waals surface area (Å²) in [5.41, 5.74) is 8.21. The van der Waals surface area contributed by atoms with Crippen LogP contribution in [0, 0.1) is 18.8 Å². The van der Waals surface area contributed by atoms with Crippen molar-refractivity contribution in [3.63, 3.8) is 0 Å². The molecule has 3 nitrogen and oxygen atoms in total. The SMILES string of the molecule is CCOC(=O)CC#Cc1c(C)cccc1N. The molecule has 0 fully saturated rings. The second kappa shape index (κ2) is 5.82. The van der Waals surface area contributed by atoms with Crippen molar-refractivity contribution in [2.45, 2.75) is 20.3 Å². The number of ether oxygens (including phenoxy) is 1. The number of esters is 1. The Kier molecular flexibility index (Phi) is 4.41. The van der Waals surface area contributed by atoms with Gasteiger partial charge in [-0.2, -0.15) is 0 Å². The normalized spacial score (nSPS) is 9.12. The number of anilines is 1.